The van der Waals surface area contributed by atoms with Gasteiger partial charge in [-0.25, -0.2) is 0 Å². The molecule has 1 heterocycles. The molecule has 2 aromatic rings. The summed E-state index contributed by atoms with van der Waals surface area (Å²) < 4.78 is 24.6. The van der Waals surface area contributed by atoms with Gasteiger partial charge in [0.15, 0.2) is 0 Å². The number of aliphatic carboxylic acids is 2. The molecule has 4 rings (SSSR count). The van der Waals surface area contributed by atoms with Crippen molar-refractivity contribution >= 4 is 39.8 Å². The number of aryl methyl sites for hydroxylation is 1. The first kappa shape index (κ1) is 36.8. The summed E-state index contributed by atoms with van der Waals surface area (Å²) >= 11 is 3.77. The molecule has 3 atom stereocenters. The van der Waals surface area contributed by atoms with E-state index in [0.29, 0.717) is 12.8 Å². The van der Waals surface area contributed by atoms with Gasteiger partial charge in [0, 0.05) is 50.6 Å². The number of benzene rings is 2. The van der Waals surface area contributed by atoms with Crippen LogP contribution in [0.2, 0.25) is 0 Å². The molecular formula is C33H43BrO10. The predicted molar refractivity (Wildman–Crippen MR) is 167 cm³/mol. The third-order valence-electron chi connectivity index (χ3n) is 6.86. The monoisotopic (exact) mass is 678 g/mol. The highest BCUT2D eigenvalue weighted by atomic mass is 79.9. The average molecular weight is 680 g/mol. The minimum Gasteiger partial charge on any atom is -0.490 e. The SMILES string of the molecule is CC(=O)O.CC(=O)O.CCc1ccc(Cc2cc(C3CC(OC(C)=O)CC(COC(C)=O)O3)c(OC3CCC3)cc2Br)cc1. The van der Waals surface area contributed by atoms with E-state index < -0.39 is 11.9 Å². The van der Waals surface area contributed by atoms with Crippen LogP contribution in [0.4, 0.5) is 0 Å². The van der Waals surface area contributed by atoms with Crippen LogP contribution in [0.25, 0.3) is 0 Å². The summed E-state index contributed by atoms with van der Waals surface area (Å²) in [6.07, 6.45) is 5.18. The van der Waals surface area contributed by atoms with E-state index in [2.05, 4.69) is 53.2 Å². The van der Waals surface area contributed by atoms with Gasteiger partial charge in [-0.2, -0.15) is 0 Å². The van der Waals surface area contributed by atoms with E-state index >= 15 is 0 Å². The zero-order valence-corrected chi connectivity index (χ0v) is 27.6. The van der Waals surface area contributed by atoms with Crippen LogP contribution in [0.3, 0.4) is 0 Å². The summed E-state index contributed by atoms with van der Waals surface area (Å²) in [5.41, 5.74) is 4.61. The Morgan fingerprint density at radius 2 is 1.48 bits per heavy atom. The van der Waals surface area contributed by atoms with Crippen molar-refractivity contribution in [2.45, 2.75) is 104 Å². The first-order chi connectivity index (χ1) is 20.8. The molecule has 0 bridgehead atoms. The second kappa shape index (κ2) is 18.4. The molecule has 0 amide bonds. The van der Waals surface area contributed by atoms with Gasteiger partial charge in [-0.05, 0) is 60.9 Å². The Kier molecular flexibility index (Phi) is 15.4. The lowest BCUT2D eigenvalue weighted by molar-refractivity contribution is -0.169. The molecule has 242 valence electrons. The minimum atomic E-state index is -0.833. The van der Waals surface area contributed by atoms with Crippen molar-refractivity contribution in [3.63, 3.8) is 0 Å². The lowest BCUT2D eigenvalue weighted by Crippen LogP contribution is -2.37. The maximum absolute atomic E-state index is 11.8. The highest BCUT2D eigenvalue weighted by Gasteiger charge is 2.35. The fourth-order valence-corrected chi connectivity index (χ4v) is 5.17. The molecule has 10 nitrogen and oxygen atoms in total. The zero-order valence-electron chi connectivity index (χ0n) is 26.0. The first-order valence-corrected chi connectivity index (χ1v) is 15.5. The Morgan fingerprint density at radius 1 is 0.886 bits per heavy atom. The highest BCUT2D eigenvalue weighted by molar-refractivity contribution is 9.10. The summed E-state index contributed by atoms with van der Waals surface area (Å²) in [5, 5.41) is 14.8. The maximum Gasteiger partial charge on any atom is 0.302 e. The number of carbonyl (C=O) groups excluding carboxylic acids is 2. The van der Waals surface area contributed by atoms with Crippen molar-refractivity contribution in [3.05, 3.63) is 63.1 Å². The van der Waals surface area contributed by atoms with Gasteiger partial charge < -0.3 is 29.2 Å². The Bertz CT molecular complexity index is 1240. The first-order valence-electron chi connectivity index (χ1n) is 14.7. The Labute approximate surface area is 267 Å². The van der Waals surface area contributed by atoms with Crippen LogP contribution in [-0.4, -0.2) is 59.0 Å². The standard InChI is InChI=1S/C29H35BrO6.2C2H4O2/c1-4-20-8-10-21(11-9-20)12-22-13-26(29(16-27(22)30)35-23-6-5-7-23)28-15-24(34-19(3)32)14-25(36-28)17-33-18(2)31;2*1-2(3)4/h8-11,13,16,23-25,28H,4-7,12,14-15,17H2,1-3H3;2*1H3,(H,3,4). The molecule has 0 radical (unpaired) electrons. The Hall–Kier alpha value is -3.44. The lowest BCUT2D eigenvalue weighted by atomic mass is 9.92. The van der Waals surface area contributed by atoms with Gasteiger partial charge in [-0.15, -0.1) is 0 Å². The molecule has 0 aromatic heterocycles. The second-order valence-electron chi connectivity index (χ2n) is 10.8. The van der Waals surface area contributed by atoms with E-state index in [1.165, 1.54) is 31.4 Å². The number of carboxylic acid groups (broad SMARTS) is 2. The molecule has 2 aromatic carbocycles. The van der Waals surface area contributed by atoms with E-state index in [4.69, 9.17) is 38.7 Å². The maximum atomic E-state index is 11.8. The summed E-state index contributed by atoms with van der Waals surface area (Å²) in [4.78, 5) is 41.2. The zero-order chi connectivity index (χ0) is 32.8. The fraction of sp³-hybridized carbons (Fsp3) is 0.515. The van der Waals surface area contributed by atoms with Gasteiger partial charge in [-0.1, -0.05) is 47.1 Å². The Morgan fingerprint density at radius 3 is 1.98 bits per heavy atom. The number of halogens is 1. The van der Waals surface area contributed by atoms with E-state index in [9.17, 15) is 9.59 Å². The van der Waals surface area contributed by atoms with Crippen LogP contribution in [0, 0.1) is 0 Å². The molecule has 2 aliphatic rings. The fourth-order valence-electron chi connectivity index (χ4n) is 4.71. The van der Waals surface area contributed by atoms with Crippen molar-refractivity contribution in [1.29, 1.82) is 0 Å². The van der Waals surface area contributed by atoms with Gasteiger partial charge in [0.25, 0.3) is 11.9 Å². The number of carboxylic acids is 2. The largest absolute Gasteiger partial charge is 0.490 e. The minimum absolute atomic E-state index is 0.121. The van der Waals surface area contributed by atoms with Crippen LogP contribution >= 0.6 is 15.9 Å². The smallest absolute Gasteiger partial charge is 0.302 e. The van der Waals surface area contributed by atoms with Crippen LogP contribution in [0.15, 0.2) is 40.9 Å². The molecule has 1 saturated carbocycles. The lowest BCUT2D eigenvalue weighted by Gasteiger charge is -2.36. The van der Waals surface area contributed by atoms with E-state index in [0.717, 1.165) is 60.9 Å². The average Bonchev–Trinajstić information content (AvgIpc) is 2.90. The summed E-state index contributed by atoms with van der Waals surface area (Å²) in [7, 11) is 0. The van der Waals surface area contributed by atoms with Gasteiger partial charge in [0.1, 0.15) is 18.5 Å². The molecule has 1 saturated heterocycles. The van der Waals surface area contributed by atoms with Crippen LogP contribution in [0.5, 0.6) is 5.75 Å². The van der Waals surface area contributed by atoms with E-state index in [-0.39, 0.29) is 43.0 Å². The van der Waals surface area contributed by atoms with Crippen molar-refractivity contribution in [2.24, 2.45) is 0 Å². The van der Waals surface area contributed by atoms with Gasteiger partial charge >= 0.3 is 11.9 Å². The van der Waals surface area contributed by atoms with Crippen molar-refractivity contribution in [3.8, 4) is 5.75 Å². The third kappa shape index (κ3) is 13.5. The number of ether oxygens (including phenoxy) is 4. The molecule has 3 unspecified atom stereocenters. The summed E-state index contributed by atoms with van der Waals surface area (Å²) in [5.74, 6) is -1.57. The van der Waals surface area contributed by atoms with Crippen LogP contribution < -0.4 is 4.74 Å². The molecule has 1 aliphatic carbocycles. The van der Waals surface area contributed by atoms with Crippen molar-refractivity contribution in [2.75, 3.05) is 6.61 Å². The number of rotatable bonds is 9. The molecular weight excluding hydrogens is 636 g/mol. The number of hydrogen-bond acceptors (Lipinski definition) is 8. The molecule has 11 heteroatoms. The molecule has 2 fully saturated rings. The van der Waals surface area contributed by atoms with Gasteiger partial charge in [-0.3, -0.25) is 19.2 Å². The second-order valence-corrected chi connectivity index (χ2v) is 11.6. The topological polar surface area (TPSA) is 146 Å². The van der Waals surface area contributed by atoms with Crippen molar-refractivity contribution < 1.29 is 48.3 Å². The normalized spacial score (nSPS) is 19.1. The van der Waals surface area contributed by atoms with E-state index in [1.807, 2.05) is 6.07 Å². The quantitative estimate of drug-likeness (QED) is 0.285. The van der Waals surface area contributed by atoms with Gasteiger partial charge in [0.05, 0.1) is 18.3 Å². The molecule has 1 aliphatic heterocycles. The Balaban J connectivity index is 0.000000754. The number of hydrogen-bond donors (Lipinski definition) is 2. The summed E-state index contributed by atoms with van der Waals surface area (Å²) in [6.45, 7) is 7.23. The third-order valence-corrected chi connectivity index (χ3v) is 7.60. The molecule has 44 heavy (non-hydrogen) atoms. The van der Waals surface area contributed by atoms with Crippen LogP contribution in [-0.2, 0) is 46.2 Å². The van der Waals surface area contributed by atoms with Gasteiger partial charge in [0.2, 0.25) is 0 Å². The van der Waals surface area contributed by atoms with Crippen LogP contribution in [0.1, 0.15) is 95.1 Å². The molecule has 0 spiro atoms. The summed E-state index contributed by atoms with van der Waals surface area (Å²) in [6, 6.07) is 12.9. The number of carbonyl (C=O) groups is 4. The predicted octanol–water partition coefficient (Wildman–Crippen LogP) is 6.43. The van der Waals surface area contributed by atoms with E-state index in [1.54, 1.807) is 0 Å². The number of esters is 2. The highest BCUT2D eigenvalue weighted by Crippen LogP contribution is 2.42. The molecule has 2 N–H and O–H groups in total. The van der Waals surface area contributed by atoms with Crippen molar-refractivity contribution in [1.82, 2.24) is 0 Å².